The van der Waals surface area contributed by atoms with Gasteiger partial charge in [-0.2, -0.15) is 0 Å². The molecular formula is C21H30N2O8. The lowest BCUT2D eigenvalue weighted by Gasteiger charge is -2.25. The van der Waals surface area contributed by atoms with Crippen molar-refractivity contribution in [1.29, 1.82) is 0 Å². The summed E-state index contributed by atoms with van der Waals surface area (Å²) in [6.07, 6.45) is -1.57. The van der Waals surface area contributed by atoms with Crippen LogP contribution in [0.25, 0.3) is 0 Å². The quantitative estimate of drug-likeness (QED) is 0.473. The van der Waals surface area contributed by atoms with E-state index in [1.54, 1.807) is 45.0 Å². The average Bonchev–Trinajstić information content (AvgIpc) is 2.65. The molecule has 0 fully saturated rings. The average molecular weight is 438 g/mol. The summed E-state index contributed by atoms with van der Waals surface area (Å²) in [6, 6.07) is 4.95. The lowest BCUT2D eigenvalue weighted by Crippen LogP contribution is -2.54. The number of benzene rings is 1. The lowest BCUT2D eigenvalue weighted by molar-refractivity contribution is -0.163. The third kappa shape index (κ3) is 9.47. The summed E-state index contributed by atoms with van der Waals surface area (Å²) in [6.45, 7) is 6.56. The molecule has 1 rings (SSSR count). The minimum Gasteiger partial charge on any atom is -0.480 e. The highest BCUT2D eigenvalue weighted by molar-refractivity contribution is 5.90. The van der Waals surface area contributed by atoms with Crippen LogP contribution in [0.1, 0.15) is 46.1 Å². The summed E-state index contributed by atoms with van der Waals surface area (Å²) in [4.78, 5) is 47.7. The fourth-order valence-electron chi connectivity index (χ4n) is 2.49. The number of rotatable bonds is 10. The number of hydrogen-bond donors (Lipinski definition) is 3. The van der Waals surface area contributed by atoms with E-state index in [0.29, 0.717) is 24.1 Å². The van der Waals surface area contributed by atoms with Gasteiger partial charge in [0.05, 0.1) is 13.7 Å². The van der Waals surface area contributed by atoms with Gasteiger partial charge in [-0.3, -0.25) is 4.79 Å². The van der Waals surface area contributed by atoms with Crippen molar-refractivity contribution in [3.05, 3.63) is 29.8 Å². The van der Waals surface area contributed by atoms with Crippen molar-refractivity contribution >= 4 is 29.6 Å². The van der Waals surface area contributed by atoms with Crippen LogP contribution < -0.4 is 10.6 Å². The Morgan fingerprint density at radius 2 is 1.84 bits per heavy atom. The molecule has 0 aliphatic rings. The fraction of sp³-hybridized carbons (Fsp3) is 0.524. The predicted octanol–water partition coefficient (Wildman–Crippen LogP) is 2.46. The first kappa shape index (κ1) is 25.9. The maximum atomic E-state index is 12.2. The van der Waals surface area contributed by atoms with E-state index >= 15 is 0 Å². The number of methoxy groups -OCH3 is 1. The van der Waals surface area contributed by atoms with Gasteiger partial charge in [-0.1, -0.05) is 19.1 Å². The maximum Gasteiger partial charge on any atom is 0.408 e. The normalized spacial score (nSPS) is 12.9. The van der Waals surface area contributed by atoms with Crippen molar-refractivity contribution in [2.45, 2.75) is 64.9 Å². The molecule has 10 heteroatoms. The summed E-state index contributed by atoms with van der Waals surface area (Å²) in [5.74, 6) is -2.61. The van der Waals surface area contributed by atoms with Crippen molar-refractivity contribution in [3.8, 4) is 0 Å². The van der Waals surface area contributed by atoms with Crippen LogP contribution in [0, 0.1) is 0 Å². The summed E-state index contributed by atoms with van der Waals surface area (Å²) >= 11 is 0. The first-order chi connectivity index (χ1) is 14.5. The third-order valence-corrected chi connectivity index (χ3v) is 3.79. The number of carbonyl (C=O) groups is 4. The highest BCUT2D eigenvalue weighted by Gasteiger charge is 2.38. The van der Waals surface area contributed by atoms with Gasteiger partial charge < -0.3 is 30.0 Å². The Kier molecular flexibility index (Phi) is 9.94. The Hall–Kier alpha value is -3.14. The molecule has 0 saturated heterocycles. The lowest BCUT2D eigenvalue weighted by atomic mass is 10.1. The van der Waals surface area contributed by atoms with Gasteiger partial charge in [0.1, 0.15) is 5.60 Å². The summed E-state index contributed by atoms with van der Waals surface area (Å²) in [5, 5.41) is 14.4. The molecule has 10 nitrogen and oxygen atoms in total. The molecule has 0 spiro atoms. The zero-order valence-electron chi connectivity index (χ0n) is 18.4. The van der Waals surface area contributed by atoms with E-state index in [4.69, 9.17) is 9.47 Å². The van der Waals surface area contributed by atoms with E-state index in [9.17, 15) is 24.3 Å². The van der Waals surface area contributed by atoms with E-state index in [1.807, 2.05) is 6.92 Å². The number of hydrogen-bond acceptors (Lipinski definition) is 7. The molecule has 3 N–H and O–H groups in total. The van der Waals surface area contributed by atoms with Gasteiger partial charge in [-0.05, 0) is 44.9 Å². The number of carbonyl (C=O) groups excluding carboxylic acids is 3. The molecule has 1 aromatic rings. The van der Waals surface area contributed by atoms with Gasteiger partial charge in [-0.25, -0.2) is 14.4 Å². The first-order valence-electron chi connectivity index (χ1n) is 9.77. The minimum absolute atomic E-state index is 0.138. The van der Waals surface area contributed by atoms with Crippen molar-refractivity contribution in [2.75, 3.05) is 12.4 Å². The SMILES string of the molecule is CCCC(=O)Nc1cccc(CO[C@H](C(=O)OC)[C@H](NC(=O)OC(C)(C)C)C(=O)O)c1. The van der Waals surface area contributed by atoms with Gasteiger partial charge in [-0.15, -0.1) is 0 Å². The summed E-state index contributed by atoms with van der Waals surface area (Å²) < 4.78 is 15.2. The summed E-state index contributed by atoms with van der Waals surface area (Å²) in [5.41, 5.74) is 0.248. The molecule has 0 aliphatic carbocycles. The van der Waals surface area contributed by atoms with E-state index in [1.165, 1.54) is 0 Å². The molecule has 2 atom stereocenters. The number of carboxylic acids is 1. The van der Waals surface area contributed by atoms with Gasteiger partial charge in [0, 0.05) is 12.1 Å². The molecule has 0 saturated carbocycles. The van der Waals surface area contributed by atoms with Crippen LogP contribution >= 0.6 is 0 Å². The van der Waals surface area contributed by atoms with E-state index < -0.39 is 35.8 Å². The van der Waals surface area contributed by atoms with Gasteiger partial charge >= 0.3 is 18.0 Å². The van der Waals surface area contributed by atoms with Crippen molar-refractivity contribution in [1.82, 2.24) is 5.32 Å². The predicted molar refractivity (Wildman–Crippen MR) is 111 cm³/mol. The van der Waals surface area contributed by atoms with Crippen LogP contribution in [0.3, 0.4) is 0 Å². The molecule has 0 heterocycles. The minimum atomic E-state index is -1.74. The zero-order chi connectivity index (χ0) is 23.6. The fourth-order valence-corrected chi connectivity index (χ4v) is 2.49. The maximum absolute atomic E-state index is 12.2. The number of anilines is 1. The van der Waals surface area contributed by atoms with Crippen molar-refractivity contribution < 1.29 is 38.5 Å². The van der Waals surface area contributed by atoms with Crippen LogP contribution in [0.5, 0.6) is 0 Å². The second-order valence-corrected chi connectivity index (χ2v) is 7.72. The Bertz CT molecular complexity index is 788. The highest BCUT2D eigenvalue weighted by Crippen LogP contribution is 2.15. The molecule has 1 aromatic carbocycles. The second kappa shape index (κ2) is 11.9. The molecule has 172 valence electrons. The molecule has 2 amide bonds. The molecule has 0 radical (unpaired) electrons. The second-order valence-electron chi connectivity index (χ2n) is 7.72. The smallest absolute Gasteiger partial charge is 0.408 e. The number of nitrogens with one attached hydrogen (secondary N) is 2. The van der Waals surface area contributed by atoms with E-state index in [2.05, 4.69) is 15.4 Å². The van der Waals surface area contributed by atoms with Crippen LogP contribution in [0.15, 0.2) is 24.3 Å². The van der Waals surface area contributed by atoms with Crippen LogP contribution in [0.2, 0.25) is 0 Å². The van der Waals surface area contributed by atoms with Gasteiger partial charge in [0.15, 0.2) is 12.1 Å². The summed E-state index contributed by atoms with van der Waals surface area (Å²) in [7, 11) is 1.08. The monoisotopic (exact) mass is 438 g/mol. The highest BCUT2D eigenvalue weighted by atomic mass is 16.6. The zero-order valence-corrected chi connectivity index (χ0v) is 18.4. The molecule has 0 unspecified atom stereocenters. The van der Waals surface area contributed by atoms with Gasteiger partial charge in [0.25, 0.3) is 0 Å². The molecule has 0 aliphatic heterocycles. The number of esters is 1. The Balaban J connectivity index is 2.94. The number of ether oxygens (including phenoxy) is 3. The van der Waals surface area contributed by atoms with E-state index in [-0.39, 0.29) is 12.5 Å². The first-order valence-corrected chi connectivity index (χ1v) is 9.77. The molecule has 0 aromatic heterocycles. The molecule has 31 heavy (non-hydrogen) atoms. The Labute approximate surface area is 181 Å². The standard InChI is InChI=1S/C21H30N2O8/c1-6-8-15(24)22-14-10-7-9-13(11-14)12-30-17(19(27)29-5)16(18(25)26)23-20(28)31-21(2,3)4/h7,9-11,16-17H,6,8,12H2,1-5H3,(H,22,24)(H,23,28)(H,25,26)/t16-,17-/m0/s1. The van der Waals surface area contributed by atoms with Gasteiger partial charge in [0.2, 0.25) is 5.91 Å². The molecular weight excluding hydrogens is 408 g/mol. The number of carboxylic acid groups (broad SMARTS) is 1. The van der Waals surface area contributed by atoms with Crippen molar-refractivity contribution in [2.24, 2.45) is 0 Å². The van der Waals surface area contributed by atoms with E-state index in [0.717, 1.165) is 7.11 Å². The van der Waals surface area contributed by atoms with Crippen LogP contribution in [0.4, 0.5) is 10.5 Å². The topological polar surface area (TPSA) is 140 Å². The number of aliphatic carboxylic acids is 1. The largest absolute Gasteiger partial charge is 0.480 e. The van der Waals surface area contributed by atoms with Crippen LogP contribution in [-0.4, -0.2) is 53.9 Å². The Morgan fingerprint density at radius 1 is 1.16 bits per heavy atom. The number of alkyl carbamates (subject to hydrolysis) is 1. The molecule has 0 bridgehead atoms. The number of amides is 2. The van der Waals surface area contributed by atoms with Crippen LogP contribution in [-0.2, 0) is 35.2 Å². The van der Waals surface area contributed by atoms with Crippen molar-refractivity contribution in [3.63, 3.8) is 0 Å². The third-order valence-electron chi connectivity index (χ3n) is 3.79. The Morgan fingerprint density at radius 3 is 2.39 bits per heavy atom.